The Morgan fingerprint density at radius 2 is 1.91 bits per heavy atom. The third kappa shape index (κ3) is 4.81. The van der Waals surface area contributed by atoms with Crippen molar-refractivity contribution in [3.05, 3.63) is 94.4 Å². The quantitative estimate of drug-likeness (QED) is 0.199. The summed E-state index contributed by atoms with van der Waals surface area (Å²) in [5.41, 5.74) is 1.07. The van der Waals surface area contributed by atoms with Crippen LogP contribution in [0.1, 0.15) is 42.7 Å². The summed E-state index contributed by atoms with van der Waals surface area (Å²) in [7, 11) is 0. The first kappa shape index (κ1) is 22.7. The molecule has 1 aromatic heterocycles. The Balaban J connectivity index is 1.80. The van der Waals surface area contributed by atoms with Crippen LogP contribution in [0.15, 0.2) is 76.9 Å². The first-order chi connectivity index (χ1) is 16.0. The van der Waals surface area contributed by atoms with Gasteiger partial charge in [0.05, 0.1) is 31.0 Å². The van der Waals surface area contributed by atoms with Gasteiger partial charge < -0.3 is 19.2 Å². The van der Waals surface area contributed by atoms with Gasteiger partial charge in [0.1, 0.15) is 17.3 Å². The van der Waals surface area contributed by atoms with Gasteiger partial charge in [-0.1, -0.05) is 37.1 Å². The van der Waals surface area contributed by atoms with Gasteiger partial charge in [-0.3, -0.25) is 9.59 Å². The zero-order valence-electron chi connectivity index (χ0n) is 18.2. The van der Waals surface area contributed by atoms with E-state index in [0.717, 1.165) is 12.8 Å². The highest BCUT2D eigenvalue weighted by molar-refractivity contribution is 6.46. The number of Topliss-reactive ketones (excluding diaryl/α,β-unsaturated/α-hetero) is 1. The summed E-state index contributed by atoms with van der Waals surface area (Å²) in [4.78, 5) is 27.6. The second kappa shape index (κ2) is 9.96. The Morgan fingerprint density at radius 3 is 2.61 bits per heavy atom. The average molecular weight is 466 g/mol. The SMILES string of the molecule is CCCCOc1cccc(C2C(=C(O)c3ccc(Cl)cc3)C(=O)C(=O)N2Cc2ccco2)c1. The molecule has 0 saturated carbocycles. The number of ketones is 1. The summed E-state index contributed by atoms with van der Waals surface area (Å²) in [5.74, 6) is -0.547. The largest absolute Gasteiger partial charge is 0.507 e. The van der Waals surface area contributed by atoms with Crippen LogP contribution in [0.2, 0.25) is 5.02 Å². The minimum atomic E-state index is -0.805. The van der Waals surface area contributed by atoms with Crippen LogP contribution in [0.25, 0.3) is 5.76 Å². The van der Waals surface area contributed by atoms with Gasteiger partial charge in [-0.05, 0) is 60.5 Å². The molecule has 1 saturated heterocycles. The van der Waals surface area contributed by atoms with Gasteiger partial charge in [0.15, 0.2) is 0 Å². The fourth-order valence-electron chi connectivity index (χ4n) is 3.83. The number of ether oxygens (including phenoxy) is 1. The maximum absolute atomic E-state index is 13.1. The highest BCUT2D eigenvalue weighted by Crippen LogP contribution is 2.41. The molecule has 7 heteroatoms. The van der Waals surface area contributed by atoms with E-state index in [9.17, 15) is 14.7 Å². The van der Waals surface area contributed by atoms with E-state index in [1.165, 1.54) is 11.2 Å². The Morgan fingerprint density at radius 1 is 1.12 bits per heavy atom. The Hall–Kier alpha value is -3.51. The van der Waals surface area contributed by atoms with Crippen LogP contribution >= 0.6 is 11.6 Å². The van der Waals surface area contributed by atoms with Crippen molar-refractivity contribution >= 4 is 29.1 Å². The van der Waals surface area contributed by atoms with Crippen molar-refractivity contribution in [3.8, 4) is 5.75 Å². The number of rotatable bonds is 8. The van der Waals surface area contributed by atoms with Crippen LogP contribution in [0.4, 0.5) is 0 Å². The van der Waals surface area contributed by atoms with E-state index in [-0.39, 0.29) is 17.9 Å². The van der Waals surface area contributed by atoms with Crippen molar-refractivity contribution < 1.29 is 23.8 Å². The monoisotopic (exact) mass is 465 g/mol. The van der Waals surface area contributed by atoms with Crippen LogP contribution in [-0.4, -0.2) is 28.3 Å². The van der Waals surface area contributed by atoms with Crippen LogP contribution in [-0.2, 0) is 16.1 Å². The topological polar surface area (TPSA) is 80.0 Å². The maximum Gasteiger partial charge on any atom is 0.296 e. The second-order valence-corrected chi connectivity index (χ2v) is 8.22. The van der Waals surface area contributed by atoms with Crippen LogP contribution in [0, 0.1) is 0 Å². The van der Waals surface area contributed by atoms with E-state index in [1.807, 2.05) is 18.2 Å². The van der Waals surface area contributed by atoms with Crippen LogP contribution in [0.5, 0.6) is 5.75 Å². The number of carbonyl (C=O) groups excluding carboxylic acids is 2. The van der Waals surface area contributed by atoms with E-state index < -0.39 is 17.7 Å². The molecule has 3 aromatic rings. The molecule has 0 radical (unpaired) electrons. The summed E-state index contributed by atoms with van der Waals surface area (Å²) in [5, 5.41) is 11.6. The average Bonchev–Trinajstić information content (AvgIpc) is 3.42. The Labute approximate surface area is 197 Å². The van der Waals surface area contributed by atoms with Gasteiger partial charge in [0.2, 0.25) is 0 Å². The van der Waals surface area contributed by atoms with E-state index >= 15 is 0 Å². The molecule has 1 aliphatic rings. The fraction of sp³-hybridized carbons (Fsp3) is 0.231. The number of furan rings is 1. The van der Waals surface area contributed by atoms with Crippen LogP contribution < -0.4 is 4.74 Å². The van der Waals surface area contributed by atoms with Gasteiger partial charge in [0.25, 0.3) is 11.7 Å². The number of amides is 1. The van der Waals surface area contributed by atoms with E-state index in [2.05, 4.69) is 6.92 Å². The normalized spacial score (nSPS) is 17.5. The third-order valence-electron chi connectivity index (χ3n) is 5.50. The highest BCUT2D eigenvalue weighted by Gasteiger charge is 2.46. The van der Waals surface area contributed by atoms with Crippen molar-refractivity contribution in [3.63, 3.8) is 0 Å². The summed E-state index contributed by atoms with van der Waals surface area (Å²) >= 11 is 5.97. The number of nitrogens with zero attached hydrogens (tertiary/aromatic N) is 1. The van der Waals surface area contributed by atoms with Gasteiger partial charge in [-0.15, -0.1) is 0 Å². The number of halogens is 1. The zero-order chi connectivity index (χ0) is 23.4. The molecule has 1 aliphatic heterocycles. The number of hydrogen-bond donors (Lipinski definition) is 1. The number of hydrogen-bond acceptors (Lipinski definition) is 5. The molecule has 2 aromatic carbocycles. The third-order valence-corrected chi connectivity index (χ3v) is 5.76. The first-order valence-electron chi connectivity index (χ1n) is 10.8. The molecular formula is C26H24ClNO5. The Bertz CT molecular complexity index is 1170. The molecule has 0 bridgehead atoms. The maximum atomic E-state index is 13.1. The predicted octanol–water partition coefficient (Wildman–Crippen LogP) is 5.73. The predicted molar refractivity (Wildman–Crippen MR) is 125 cm³/mol. The second-order valence-electron chi connectivity index (χ2n) is 7.79. The van der Waals surface area contributed by atoms with E-state index in [4.69, 9.17) is 20.8 Å². The number of aliphatic hydroxyl groups is 1. The minimum Gasteiger partial charge on any atom is -0.507 e. The fourth-order valence-corrected chi connectivity index (χ4v) is 3.96. The highest BCUT2D eigenvalue weighted by atomic mass is 35.5. The molecule has 1 unspecified atom stereocenters. The lowest BCUT2D eigenvalue weighted by atomic mass is 9.95. The standard InChI is InChI=1S/C26H24ClNO5/c1-2-3-13-32-20-7-4-6-18(15-20)23-22(24(29)17-9-11-19(27)12-10-17)25(30)26(31)28(23)16-21-8-5-14-33-21/h4-12,14-15,23,29H,2-3,13,16H2,1H3. The molecule has 1 fully saturated rings. The lowest BCUT2D eigenvalue weighted by molar-refractivity contribution is -0.140. The lowest BCUT2D eigenvalue weighted by Gasteiger charge is -2.25. The summed E-state index contributed by atoms with van der Waals surface area (Å²) in [6.07, 6.45) is 3.43. The molecule has 1 N–H and O–H groups in total. The van der Waals surface area contributed by atoms with E-state index in [0.29, 0.717) is 34.3 Å². The van der Waals surface area contributed by atoms with Gasteiger partial charge in [-0.25, -0.2) is 0 Å². The van der Waals surface area contributed by atoms with Gasteiger partial charge >= 0.3 is 0 Å². The molecule has 0 spiro atoms. The summed E-state index contributed by atoms with van der Waals surface area (Å²) in [6, 6.07) is 16.4. The molecule has 2 heterocycles. The van der Waals surface area contributed by atoms with Gasteiger partial charge in [-0.2, -0.15) is 0 Å². The molecule has 1 amide bonds. The number of carbonyl (C=O) groups is 2. The Kier molecular flexibility index (Phi) is 6.84. The molecule has 170 valence electrons. The van der Waals surface area contributed by atoms with Crippen molar-refractivity contribution in [2.75, 3.05) is 6.61 Å². The number of benzene rings is 2. The molecule has 0 aliphatic carbocycles. The van der Waals surface area contributed by atoms with Gasteiger partial charge in [0, 0.05) is 10.6 Å². The number of unbranched alkanes of at least 4 members (excludes halogenated alkanes) is 1. The zero-order valence-corrected chi connectivity index (χ0v) is 18.9. The van der Waals surface area contributed by atoms with E-state index in [1.54, 1.807) is 42.5 Å². The van der Waals surface area contributed by atoms with Crippen LogP contribution in [0.3, 0.4) is 0 Å². The van der Waals surface area contributed by atoms with Crippen molar-refractivity contribution in [1.82, 2.24) is 4.90 Å². The smallest absolute Gasteiger partial charge is 0.296 e. The first-order valence-corrected chi connectivity index (χ1v) is 11.2. The van der Waals surface area contributed by atoms with Crippen molar-refractivity contribution in [2.24, 2.45) is 0 Å². The molecule has 4 rings (SSSR count). The molecular weight excluding hydrogens is 442 g/mol. The molecule has 6 nitrogen and oxygen atoms in total. The lowest BCUT2D eigenvalue weighted by Crippen LogP contribution is -2.29. The summed E-state index contributed by atoms with van der Waals surface area (Å²) in [6.45, 7) is 2.73. The summed E-state index contributed by atoms with van der Waals surface area (Å²) < 4.78 is 11.3. The van der Waals surface area contributed by atoms with Crippen molar-refractivity contribution in [1.29, 1.82) is 0 Å². The number of likely N-dealkylation sites (tertiary alicyclic amines) is 1. The molecule has 33 heavy (non-hydrogen) atoms. The molecule has 1 atom stereocenters. The number of aliphatic hydroxyl groups excluding tert-OH is 1. The minimum absolute atomic E-state index is 0.0135. The van der Waals surface area contributed by atoms with Crippen molar-refractivity contribution in [2.45, 2.75) is 32.4 Å².